The van der Waals surface area contributed by atoms with Crippen molar-refractivity contribution in [2.75, 3.05) is 33.4 Å². The monoisotopic (exact) mass is 388 g/mol. The quantitative estimate of drug-likeness (QED) is 0.572. The van der Waals surface area contributed by atoms with Crippen molar-refractivity contribution in [2.24, 2.45) is 0 Å². The topological polar surface area (TPSA) is 122 Å². The molecule has 0 aliphatic carbocycles. The number of sulfonamides is 1. The molecule has 0 aliphatic heterocycles. The third-order valence-electron chi connectivity index (χ3n) is 3.33. The average Bonchev–Trinajstić information content (AvgIpc) is 2.59. The second-order valence-corrected chi connectivity index (χ2v) is 7.03. The summed E-state index contributed by atoms with van der Waals surface area (Å²) in [4.78, 5) is 23.5. The standard InChI is InChI=1S/C16H24N2O7S/c1-4-24-13-7-6-12(10-14(13)25-5-2)26(22,23)17-11-15(19)18(3)9-8-16(20)21/h6-7,10,17H,4-5,8-9,11H2,1-3H3,(H,20,21). The number of carboxylic acid groups (broad SMARTS) is 1. The lowest BCUT2D eigenvalue weighted by Gasteiger charge is -2.17. The molecule has 1 aromatic rings. The van der Waals surface area contributed by atoms with E-state index in [1.807, 2.05) is 0 Å². The zero-order chi connectivity index (χ0) is 19.7. The number of amides is 1. The zero-order valence-corrected chi connectivity index (χ0v) is 15.8. The normalized spacial score (nSPS) is 11.0. The van der Waals surface area contributed by atoms with E-state index in [-0.39, 0.29) is 17.9 Å². The number of likely N-dealkylation sites (N-methyl/N-ethyl adjacent to an activating group) is 1. The molecular formula is C16H24N2O7S. The zero-order valence-electron chi connectivity index (χ0n) is 15.0. The highest BCUT2D eigenvalue weighted by atomic mass is 32.2. The molecule has 1 aromatic carbocycles. The van der Waals surface area contributed by atoms with Gasteiger partial charge in [-0.05, 0) is 26.0 Å². The van der Waals surface area contributed by atoms with Crippen LogP contribution in [0, 0.1) is 0 Å². The molecule has 1 amide bonds. The van der Waals surface area contributed by atoms with Crippen LogP contribution in [0.5, 0.6) is 11.5 Å². The van der Waals surface area contributed by atoms with Crippen LogP contribution in [0.25, 0.3) is 0 Å². The Morgan fingerprint density at radius 3 is 2.35 bits per heavy atom. The Morgan fingerprint density at radius 2 is 1.77 bits per heavy atom. The van der Waals surface area contributed by atoms with Crippen molar-refractivity contribution in [1.29, 1.82) is 0 Å². The molecule has 26 heavy (non-hydrogen) atoms. The van der Waals surface area contributed by atoms with E-state index >= 15 is 0 Å². The molecule has 0 aromatic heterocycles. The van der Waals surface area contributed by atoms with Gasteiger partial charge in [0.15, 0.2) is 11.5 Å². The molecule has 0 fully saturated rings. The van der Waals surface area contributed by atoms with Gasteiger partial charge in [-0.2, -0.15) is 0 Å². The number of nitrogens with one attached hydrogen (secondary N) is 1. The van der Waals surface area contributed by atoms with Gasteiger partial charge in [-0.1, -0.05) is 0 Å². The molecule has 0 bridgehead atoms. The van der Waals surface area contributed by atoms with Crippen molar-refractivity contribution in [3.63, 3.8) is 0 Å². The van der Waals surface area contributed by atoms with Crippen LogP contribution in [0.4, 0.5) is 0 Å². The maximum Gasteiger partial charge on any atom is 0.305 e. The number of nitrogens with zero attached hydrogens (tertiary/aromatic N) is 1. The number of hydrogen-bond acceptors (Lipinski definition) is 6. The van der Waals surface area contributed by atoms with E-state index in [0.717, 1.165) is 4.90 Å². The van der Waals surface area contributed by atoms with E-state index in [4.69, 9.17) is 14.6 Å². The summed E-state index contributed by atoms with van der Waals surface area (Å²) in [5.74, 6) is -0.853. The third-order valence-corrected chi connectivity index (χ3v) is 4.72. The highest BCUT2D eigenvalue weighted by molar-refractivity contribution is 7.89. The van der Waals surface area contributed by atoms with Crippen LogP contribution >= 0.6 is 0 Å². The van der Waals surface area contributed by atoms with E-state index in [0.29, 0.717) is 24.7 Å². The van der Waals surface area contributed by atoms with Gasteiger partial charge in [-0.25, -0.2) is 13.1 Å². The number of hydrogen-bond donors (Lipinski definition) is 2. The van der Waals surface area contributed by atoms with Gasteiger partial charge in [0.05, 0.1) is 31.1 Å². The van der Waals surface area contributed by atoms with Crippen LogP contribution in [0.15, 0.2) is 23.1 Å². The molecule has 9 nitrogen and oxygen atoms in total. The van der Waals surface area contributed by atoms with Gasteiger partial charge >= 0.3 is 5.97 Å². The van der Waals surface area contributed by atoms with Crippen molar-refractivity contribution in [1.82, 2.24) is 9.62 Å². The molecule has 0 saturated heterocycles. The summed E-state index contributed by atoms with van der Waals surface area (Å²) in [5.41, 5.74) is 0. The summed E-state index contributed by atoms with van der Waals surface area (Å²) in [6.45, 7) is 3.82. The predicted molar refractivity (Wildman–Crippen MR) is 93.9 cm³/mol. The van der Waals surface area contributed by atoms with Crippen molar-refractivity contribution in [3.05, 3.63) is 18.2 Å². The van der Waals surface area contributed by atoms with Crippen molar-refractivity contribution in [2.45, 2.75) is 25.2 Å². The number of carbonyl (C=O) groups is 2. The van der Waals surface area contributed by atoms with Crippen LogP contribution in [0.1, 0.15) is 20.3 Å². The van der Waals surface area contributed by atoms with Gasteiger partial charge in [0.1, 0.15) is 0 Å². The van der Waals surface area contributed by atoms with E-state index < -0.39 is 28.4 Å². The van der Waals surface area contributed by atoms with Crippen LogP contribution < -0.4 is 14.2 Å². The summed E-state index contributed by atoms with van der Waals surface area (Å²) in [6, 6.07) is 4.17. The number of benzene rings is 1. The number of aliphatic carboxylic acids is 1. The molecular weight excluding hydrogens is 364 g/mol. The molecule has 2 N–H and O–H groups in total. The molecule has 1 rings (SSSR count). The minimum absolute atomic E-state index is 0.00651. The van der Waals surface area contributed by atoms with Gasteiger partial charge in [-0.3, -0.25) is 9.59 Å². The highest BCUT2D eigenvalue weighted by Gasteiger charge is 2.20. The molecule has 10 heteroatoms. The molecule has 0 aliphatic rings. The van der Waals surface area contributed by atoms with Crippen LogP contribution in [0.2, 0.25) is 0 Å². The second kappa shape index (κ2) is 9.97. The molecule has 0 saturated carbocycles. The van der Waals surface area contributed by atoms with E-state index in [9.17, 15) is 18.0 Å². The maximum atomic E-state index is 12.4. The summed E-state index contributed by atoms with van der Waals surface area (Å²) in [7, 11) is -2.54. The van der Waals surface area contributed by atoms with E-state index in [2.05, 4.69) is 4.72 Å². The van der Waals surface area contributed by atoms with Crippen molar-refractivity contribution >= 4 is 21.9 Å². The summed E-state index contributed by atoms with van der Waals surface area (Å²) in [5, 5.41) is 8.61. The van der Waals surface area contributed by atoms with Crippen LogP contribution in [0.3, 0.4) is 0 Å². The van der Waals surface area contributed by atoms with Gasteiger partial charge < -0.3 is 19.5 Å². The first kappa shape index (κ1) is 21.7. The minimum Gasteiger partial charge on any atom is -0.490 e. The summed E-state index contributed by atoms with van der Waals surface area (Å²) < 4.78 is 37.7. The molecule has 0 unspecified atom stereocenters. The van der Waals surface area contributed by atoms with E-state index in [1.54, 1.807) is 13.8 Å². The lowest BCUT2D eigenvalue weighted by Crippen LogP contribution is -2.38. The summed E-state index contributed by atoms with van der Waals surface area (Å²) in [6.07, 6.45) is -0.217. The fourth-order valence-corrected chi connectivity index (χ4v) is 2.95. The lowest BCUT2D eigenvalue weighted by atomic mass is 10.3. The Bertz CT molecular complexity index is 734. The fourth-order valence-electron chi connectivity index (χ4n) is 1.96. The smallest absolute Gasteiger partial charge is 0.305 e. The first-order valence-corrected chi connectivity index (χ1v) is 9.54. The van der Waals surface area contributed by atoms with Gasteiger partial charge in [0.25, 0.3) is 0 Å². The Kier molecular flexibility index (Phi) is 8.33. The third kappa shape index (κ3) is 6.52. The van der Waals surface area contributed by atoms with Gasteiger partial charge in [0, 0.05) is 19.7 Å². The van der Waals surface area contributed by atoms with Gasteiger partial charge in [-0.15, -0.1) is 0 Å². The second-order valence-electron chi connectivity index (χ2n) is 5.26. The Hall–Kier alpha value is -2.33. The largest absolute Gasteiger partial charge is 0.490 e. The molecule has 146 valence electrons. The SMILES string of the molecule is CCOc1ccc(S(=O)(=O)NCC(=O)N(C)CCC(=O)O)cc1OCC. The first-order valence-electron chi connectivity index (χ1n) is 8.06. The average molecular weight is 388 g/mol. The lowest BCUT2D eigenvalue weighted by molar-refractivity contribution is -0.138. The van der Waals surface area contributed by atoms with Gasteiger partial charge in [0.2, 0.25) is 15.9 Å². The Morgan fingerprint density at radius 1 is 1.15 bits per heavy atom. The molecule has 0 atom stereocenters. The predicted octanol–water partition coefficient (Wildman–Crippen LogP) is 0.695. The molecule has 0 heterocycles. The summed E-state index contributed by atoms with van der Waals surface area (Å²) >= 11 is 0. The Balaban J connectivity index is 2.82. The maximum absolute atomic E-state index is 12.4. The number of carbonyl (C=O) groups excluding carboxylic acids is 1. The minimum atomic E-state index is -3.94. The van der Waals surface area contributed by atoms with Crippen LogP contribution in [-0.4, -0.2) is 63.7 Å². The molecule has 0 spiro atoms. The molecule has 0 radical (unpaired) electrons. The number of ether oxygens (including phenoxy) is 2. The fraction of sp³-hybridized carbons (Fsp3) is 0.500. The number of rotatable bonds is 11. The van der Waals surface area contributed by atoms with Crippen LogP contribution in [-0.2, 0) is 19.6 Å². The Labute approximate surface area is 152 Å². The highest BCUT2D eigenvalue weighted by Crippen LogP contribution is 2.30. The van der Waals surface area contributed by atoms with E-state index in [1.165, 1.54) is 25.2 Å². The first-order chi connectivity index (χ1) is 12.2. The number of carboxylic acids is 1. The van der Waals surface area contributed by atoms with Crippen molar-refractivity contribution in [3.8, 4) is 11.5 Å². The van der Waals surface area contributed by atoms with Crippen molar-refractivity contribution < 1.29 is 32.6 Å².